The lowest BCUT2D eigenvalue weighted by Gasteiger charge is -2.14. The Bertz CT molecular complexity index is 1850. The van der Waals surface area contributed by atoms with E-state index >= 15 is 0 Å². The monoisotopic (exact) mass is 431 g/mol. The highest BCUT2D eigenvalue weighted by Gasteiger charge is 2.14. The molecule has 0 aliphatic heterocycles. The van der Waals surface area contributed by atoms with Gasteiger partial charge in [-0.05, 0) is 50.0 Å². The van der Waals surface area contributed by atoms with Crippen LogP contribution in [0.4, 0.5) is 0 Å². The van der Waals surface area contributed by atoms with Crippen LogP contribution in [-0.2, 0) is 0 Å². The largest absolute Gasteiger partial charge is 0.247 e. The number of pyridine rings is 1. The van der Waals surface area contributed by atoms with Crippen LogP contribution in [0.25, 0.3) is 65.6 Å². The van der Waals surface area contributed by atoms with Crippen molar-refractivity contribution in [1.82, 2.24) is 4.98 Å². The third-order valence-electron chi connectivity index (χ3n) is 6.83. The fourth-order valence-electron chi connectivity index (χ4n) is 5.24. The summed E-state index contributed by atoms with van der Waals surface area (Å²) in [5.41, 5.74) is 5.59. The molecule has 1 aromatic heterocycles. The molecule has 6 aromatic carbocycles. The van der Waals surface area contributed by atoms with Gasteiger partial charge in [0.15, 0.2) is 0 Å². The summed E-state index contributed by atoms with van der Waals surface area (Å²) in [5, 5.41) is 8.66. The van der Waals surface area contributed by atoms with Gasteiger partial charge < -0.3 is 0 Å². The van der Waals surface area contributed by atoms with E-state index in [0.29, 0.717) is 0 Å². The van der Waals surface area contributed by atoms with Crippen LogP contribution >= 0.6 is 0 Å². The van der Waals surface area contributed by atoms with Crippen molar-refractivity contribution in [2.24, 2.45) is 0 Å². The number of nitrogens with zero attached hydrogens (tertiary/aromatic N) is 1. The van der Waals surface area contributed by atoms with Crippen molar-refractivity contribution in [3.8, 4) is 22.4 Å². The van der Waals surface area contributed by atoms with Crippen molar-refractivity contribution in [2.75, 3.05) is 0 Å². The van der Waals surface area contributed by atoms with Gasteiger partial charge in [-0.15, -0.1) is 0 Å². The lowest BCUT2D eigenvalue weighted by molar-refractivity contribution is 1.41. The van der Waals surface area contributed by atoms with Crippen molar-refractivity contribution in [1.29, 1.82) is 0 Å². The molecule has 0 N–H and O–H groups in total. The second kappa shape index (κ2) is 7.54. The number of benzene rings is 6. The zero-order chi connectivity index (χ0) is 22.5. The lowest BCUT2D eigenvalue weighted by Crippen LogP contribution is -1.92. The van der Waals surface area contributed by atoms with Crippen molar-refractivity contribution >= 4 is 43.2 Å². The van der Waals surface area contributed by atoms with E-state index in [1.165, 1.54) is 43.4 Å². The first kappa shape index (κ1) is 19.0. The van der Waals surface area contributed by atoms with Crippen molar-refractivity contribution in [2.45, 2.75) is 0 Å². The number of hydrogen-bond donors (Lipinski definition) is 0. The molecule has 7 rings (SSSR count). The Morgan fingerprint density at radius 3 is 2.00 bits per heavy atom. The van der Waals surface area contributed by atoms with E-state index in [4.69, 9.17) is 4.98 Å². The highest BCUT2D eigenvalue weighted by molar-refractivity contribution is 6.14. The Balaban J connectivity index is 1.55. The average Bonchev–Trinajstić information content (AvgIpc) is 2.91. The molecular weight excluding hydrogens is 410 g/mol. The second-order valence-electron chi connectivity index (χ2n) is 8.79. The molecule has 0 saturated carbocycles. The predicted molar refractivity (Wildman–Crippen MR) is 145 cm³/mol. The summed E-state index contributed by atoms with van der Waals surface area (Å²) in [7, 11) is 0. The molecule has 0 fully saturated rings. The Hall–Kier alpha value is -4.49. The summed E-state index contributed by atoms with van der Waals surface area (Å²) < 4.78 is 0. The van der Waals surface area contributed by atoms with Crippen LogP contribution in [-0.4, -0.2) is 4.98 Å². The molecule has 0 saturated heterocycles. The first-order chi connectivity index (χ1) is 16.9. The van der Waals surface area contributed by atoms with Gasteiger partial charge in [0, 0.05) is 16.5 Å². The third kappa shape index (κ3) is 2.91. The molecule has 158 valence electrons. The molecule has 0 atom stereocenters. The van der Waals surface area contributed by atoms with Gasteiger partial charge in [-0.25, -0.2) is 4.98 Å². The van der Waals surface area contributed by atoms with Gasteiger partial charge >= 0.3 is 0 Å². The molecule has 0 bridgehead atoms. The average molecular weight is 432 g/mol. The van der Waals surface area contributed by atoms with E-state index in [1.807, 2.05) is 0 Å². The molecule has 1 nitrogen and oxygen atoms in total. The SMILES string of the molecule is c1ccc(-c2c3ccccc3cc3ccc(-c4cccc5c4ccc4ccccc45)nc23)cc1. The Labute approximate surface area is 197 Å². The molecule has 0 aliphatic carbocycles. The molecule has 7 aromatic rings. The van der Waals surface area contributed by atoms with E-state index in [0.717, 1.165) is 22.2 Å². The van der Waals surface area contributed by atoms with Gasteiger partial charge in [0.2, 0.25) is 0 Å². The maximum absolute atomic E-state index is 5.30. The number of hydrogen-bond acceptors (Lipinski definition) is 1. The first-order valence-electron chi connectivity index (χ1n) is 11.7. The predicted octanol–water partition coefficient (Wildman–Crippen LogP) is 9.03. The molecule has 0 aliphatic rings. The minimum absolute atomic E-state index is 1.00. The molecule has 0 unspecified atom stereocenters. The first-order valence-corrected chi connectivity index (χ1v) is 11.7. The van der Waals surface area contributed by atoms with Crippen LogP contribution in [0.5, 0.6) is 0 Å². The highest BCUT2D eigenvalue weighted by atomic mass is 14.7. The van der Waals surface area contributed by atoms with E-state index in [1.54, 1.807) is 0 Å². The zero-order valence-electron chi connectivity index (χ0n) is 18.6. The quantitative estimate of drug-likeness (QED) is 0.196. The Kier molecular flexibility index (Phi) is 4.22. The van der Waals surface area contributed by atoms with Crippen LogP contribution < -0.4 is 0 Å². The molecule has 34 heavy (non-hydrogen) atoms. The highest BCUT2D eigenvalue weighted by Crippen LogP contribution is 2.38. The van der Waals surface area contributed by atoms with E-state index < -0.39 is 0 Å². The Morgan fingerprint density at radius 2 is 1.12 bits per heavy atom. The van der Waals surface area contributed by atoms with Crippen LogP contribution in [0.15, 0.2) is 127 Å². The van der Waals surface area contributed by atoms with Gasteiger partial charge in [0.1, 0.15) is 0 Å². The van der Waals surface area contributed by atoms with Crippen LogP contribution in [0.2, 0.25) is 0 Å². The topological polar surface area (TPSA) is 12.9 Å². The summed E-state index contributed by atoms with van der Waals surface area (Å²) in [6.45, 7) is 0. The summed E-state index contributed by atoms with van der Waals surface area (Å²) in [5.74, 6) is 0. The van der Waals surface area contributed by atoms with E-state index in [-0.39, 0.29) is 0 Å². The standard InChI is InChI=1S/C33H21N/c1-2-10-23(11-3-1)32-27-14-7-5-12-24(27)21-25-18-20-31(34-33(25)32)30-16-8-15-28-26-13-6-4-9-22(26)17-19-29(28)30/h1-21H. The molecule has 1 heteroatoms. The summed E-state index contributed by atoms with van der Waals surface area (Å²) >= 11 is 0. The van der Waals surface area contributed by atoms with Gasteiger partial charge in [0.25, 0.3) is 0 Å². The summed E-state index contributed by atoms with van der Waals surface area (Å²) in [6, 6.07) is 45.4. The smallest absolute Gasteiger partial charge is 0.0794 e. The fraction of sp³-hybridized carbons (Fsp3) is 0. The second-order valence-corrected chi connectivity index (χ2v) is 8.79. The summed E-state index contributed by atoms with van der Waals surface area (Å²) in [6.07, 6.45) is 0. The maximum Gasteiger partial charge on any atom is 0.0794 e. The van der Waals surface area contributed by atoms with Crippen LogP contribution in [0.1, 0.15) is 0 Å². The number of fused-ring (bicyclic) bond motifs is 5. The molecule has 0 radical (unpaired) electrons. The van der Waals surface area contributed by atoms with E-state index in [9.17, 15) is 0 Å². The fourth-order valence-corrected chi connectivity index (χ4v) is 5.24. The number of aromatic nitrogens is 1. The number of rotatable bonds is 2. The minimum Gasteiger partial charge on any atom is -0.247 e. The minimum atomic E-state index is 1.00. The van der Waals surface area contributed by atoms with Crippen molar-refractivity contribution in [3.05, 3.63) is 127 Å². The Morgan fingerprint density at radius 1 is 0.412 bits per heavy atom. The maximum atomic E-state index is 5.30. The molecular formula is C33H21N. The van der Waals surface area contributed by atoms with Crippen molar-refractivity contribution < 1.29 is 0 Å². The molecule has 1 heterocycles. The molecule has 0 amide bonds. The van der Waals surface area contributed by atoms with Crippen LogP contribution in [0, 0.1) is 0 Å². The summed E-state index contributed by atoms with van der Waals surface area (Å²) in [4.78, 5) is 5.30. The van der Waals surface area contributed by atoms with Crippen LogP contribution in [0.3, 0.4) is 0 Å². The van der Waals surface area contributed by atoms with Gasteiger partial charge in [-0.1, -0.05) is 115 Å². The zero-order valence-corrected chi connectivity index (χ0v) is 18.6. The third-order valence-corrected chi connectivity index (χ3v) is 6.83. The lowest BCUT2D eigenvalue weighted by atomic mass is 9.93. The van der Waals surface area contributed by atoms with E-state index in [2.05, 4.69) is 127 Å². The van der Waals surface area contributed by atoms with Gasteiger partial charge in [0.05, 0.1) is 11.2 Å². The molecule has 0 spiro atoms. The van der Waals surface area contributed by atoms with Crippen molar-refractivity contribution in [3.63, 3.8) is 0 Å². The normalized spacial score (nSPS) is 11.5. The van der Waals surface area contributed by atoms with Gasteiger partial charge in [-0.3, -0.25) is 0 Å². The van der Waals surface area contributed by atoms with Gasteiger partial charge in [-0.2, -0.15) is 0 Å².